The van der Waals surface area contributed by atoms with E-state index in [4.69, 9.17) is 9.15 Å². The van der Waals surface area contributed by atoms with Gasteiger partial charge in [-0.2, -0.15) is 0 Å². The monoisotopic (exact) mass is 412 g/mol. The van der Waals surface area contributed by atoms with Gasteiger partial charge in [0.2, 0.25) is 0 Å². The highest BCUT2D eigenvalue weighted by Crippen LogP contribution is 2.39. The van der Waals surface area contributed by atoms with Crippen LogP contribution in [-0.4, -0.2) is 60.4 Å². The van der Waals surface area contributed by atoms with Gasteiger partial charge in [-0.05, 0) is 44.8 Å². The number of unbranched alkanes of at least 4 members (excludes halogenated alkanes) is 1. The minimum atomic E-state index is -0.774. The number of furan rings is 1. The zero-order chi connectivity index (χ0) is 21.7. The van der Waals surface area contributed by atoms with Crippen molar-refractivity contribution < 1.29 is 23.8 Å². The normalized spacial score (nSPS) is 18.4. The number of aliphatic hydroxyl groups is 1. The lowest BCUT2D eigenvalue weighted by atomic mass is 9.99. The van der Waals surface area contributed by atoms with Crippen LogP contribution in [0.5, 0.6) is 5.75 Å². The molecule has 0 spiro atoms. The second-order valence-electron chi connectivity index (χ2n) is 7.54. The topological polar surface area (TPSA) is 83.2 Å². The molecule has 1 aliphatic heterocycles. The summed E-state index contributed by atoms with van der Waals surface area (Å²) < 4.78 is 11.2. The number of ketones is 1. The number of rotatable bonds is 9. The minimum absolute atomic E-state index is 0.0272. The minimum Gasteiger partial charge on any atom is -0.507 e. The Balaban J connectivity index is 2.00. The Hall–Kier alpha value is -3.06. The molecule has 7 nitrogen and oxygen atoms in total. The highest BCUT2D eigenvalue weighted by atomic mass is 16.5. The highest BCUT2D eigenvalue weighted by Gasteiger charge is 2.47. The Labute approximate surface area is 176 Å². The predicted molar refractivity (Wildman–Crippen MR) is 113 cm³/mol. The van der Waals surface area contributed by atoms with Crippen LogP contribution in [-0.2, 0) is 9.59 Å². The molecule has 1 aliphatic rings. The van der Waals surface area contributed by atoms with Crippen molar-refractivity contribution in [2.24, 2.45) is 0 Å². The fourth-order valence-corrected chi connectivity index (χ4v) is 3.38. The Bertz CT molecular complexity index is 917. The summed E-state index contributed by atoms with van der Waals surface area (Å²) in [6.07, 6.45) is 3.43. The molecule has 1 saturated heterocycles. The first-order valence-electron chi connectivity index (χ1n) is 10.1. The van der Waals surface area contributed by atoms with Gasteiger partial charge in [-0.15, -0.1) is 0 Å². The smallest absolute Gasteiger partial charge is 0.295 e. The van der Waals surface area contributed by atoms with Crippen molar-refractivity contribution in [2.45, 2.75) is 25.8 Å². The van der Waals surface area contributed by atoms with E-state index >= 15 is 0 Å². The number of likely N-dealkylation sites (N-methyl/N-ethyl adjacent to an activating group) is 1. The lowest BCUT2D eigenvalue weighted by Gasteiger charge is -2.24. The summed E-state index contributed by atoms with van der Waals surface area (Å²) in [4.78, 5) is 29.0. The van der Waals surface area contributed by atoms with Crippen molar-refractivity contribution in [1.29, 1.82) is 0 Å². The lowest BCUT2D eigenvalue weighted by molar-refractivity contribution is -0.140. The Morgan fingerprint density at radius 2 is 2.03 bits per heavy atom. The SMILES string of the molecule is CCCCOc1cccc(C(O)=C2C(=O)C(=O)N(CCN(C)C)C2c2ccco2)c1. The third-order valence-corrected chi connectivity index (χ3v) is 5.01. The van der Waals surface area contributed by atoms with Crippen molar-refractivity contribution in [3.05, 3.63) is 59.6 Å². The molecule has 0 radical (unpaired) electrons. The molecule has 1 N–H and O–H groups in total. The van der Waals surface area contributed by atoms with E-state index in [1.165, 1.54) is 11.2 Å². The maximum absolute atomic E-state index is 12.9. The summed E-state index contributed by atoms with van der Waals surface area (Å²) in [6, 6.07) is 9.54. The van der Waals surface area contributed by atoms with Gasteiger partial charge < -0.3 is 24.1 Å². The van der Waals surface area contributed by atoms with Crippen LogP contribution in [0.1, 0.15) is 37.1 Å². The molecule has 1 aromatic carbocycles. The van der Waals surface area contributed by atoms with Crippen molar-refractivity contribution in [2.75, 3.05) is 33.8 Å². The van der Waals surface area contributed by atoms with E-state index in [0.717, 1.165) is 12.8 Å². The molecular weight excluding hydrogens is 384 g/mol. The van der Waals surface area contributed by atoms with E-state index in [-0.39, 0.29) is 11.3 Å². The lowest BCUT2D eigenvalue weighted by Crippen LogP contribution is -2.35. The first-order chi connectivity index (χ1) is 14.4. The number of ether oxygens (including phenoxy) is 1. The van der Waals surface area contributed by atoms with Crippen LogP contribution >= 0.6 is 0 Å². The molecule has 2 aromatic rings. The summed E-state index contributed by atoms with van der Waals surface area (Å²) in [5, 5.41) is 11.0. The number of carbonyl (C=O) groups is 2. The second-order valence-corrected chi connectivity index (χ2v) is 7.54. The molecule has 160 valence electrons. The number of carbonyl (C=O) groups excluding carboxylic acids is 2. The number of hydrogen-bond acceptors (Lipinski definition) is 6. The average Bonchev–Trinajstić information content (AvgIpc) is 3.34. The van der Waals surface area contributed by atoms with Crippen LogP contribution in [0, 0.1) is 0 Å². The number of hydrogen-bond donors (Lipinski definition) is 1. The summed E-state index contributed by atoms with van der Waals surface area (Å²) in [7, 11) is 3.78. The number of likely N-dealkylation sites (tertiary alicyclic amines) is 1. The van der Waals surface area contributed by atoms with Gasteiger partial charge in [0, 0.05) is 18.7 Å². The van der Waals surface area contributed by atoms with Crippen LogP contribution in [0.15, 0.2) is 52.7 Å². The molecule has 7 heteroatoms. The van der Waals surface area contributed by atoms with Crippen LogP contribution in [0.4, 0.5) is 0 Å². The molecule has 3 rings (SSSR count). The molecule has 30 heavy (non-hydrogen) atoms. The highest BCUT2D eigenvalue weighted by molar-refractivity contribution is 6.46. The Morgan fingerprint density at radius 1 is 1.23 bits per heavy atom. The maximum Gasteiger partial charge on any atom is 0.295 e. The number of amides is 1. The summed E-state index contributed by atoms with van der Waals surface area (Å²) in [5.74, 6) is -0.558. The molecule has 1 amide bonds. The maximum atomic E-state index is 12.9. The Kier molecular flexibility index (Phi) is 6.95. The van der Waals surface area contributed by atoms with Gasteiger partial charge in [0.15, 0.2) is 0 Å². The van der Waals surface area contributed by atoms with Crippen LogP contribution in [0.3, 0.4) is 0 Å². The fourth-order valence-electron chi connectivity index (χ4n) is 3.38. The zero-order valence-electron chi connectivity index (χ0n) is 17.6. The third kappa shape index (κ3) is 4.57. The van der Waals surface area contributed by atoms with Crippen molar-refractivity contribution in [1.82, 2.24) is 9.80 Å². The van der Waals surface area contributed by atoms with Gasteiger partial charge in [0.25, 0.3) is 11.7 Å². The molecule has 0 bridgehead atoms. The Morgan fingerprint density at radius 3 is 2.70 bits per heavy atom. The summed E-state index contributed by atoms with van der Waals surface area (Å²) in [6.45, 7) is 3.56. The van der Waals surface area contributed by atoms with E-state index in [1.807, 2.05) is 19.0 Å². The molecule has 0 saturated carbocycles. The van der Waals surface area contributed by atoms with Crippen molar-refractivity contribution in [3.63, 3.8) is 0 Å². The summed E-state index contributed by atoms with van der Waals surface area (Å²) >= 11 is 0. The second kappa shape index (κ2) is 9.63. The van der Waals surface area contributed by atoms with Gasteiger partial charge in [0.1, 0.15) is 23.3 Å². The van der Waals surface area contributed by atoms with Gasteiger partial charge in [-0.25, -0.2) is 0 Å². The molecule has 1 aromatic heterocycles. The van der Waals surface area contributed by atoms with Gasteiger partial charge in [0.05, 0.1) is 18.4 Å². The molecular formula is C23H28N2O5. The van der Waals surface area contributed by atoms with E-state index in [0.29, 0.717) is 36.8 Å². The standard InChI is InChI=1S/C23H28N2O5/c1-4-5-13-29-17-9-6-8-16(15-17)21(26)19-20(18-10-7-14-30-18)25(12-11-24(2)3)23(28)22(19)27/h6-10,14-15,20,26H,4-5,11-13H2,1-3H3. The first kappa shape index (κ1) is 21.6. The fraction of sp³-hybridized carbons (Fsp3) is 0.391. The molecule has 1 unspecified atom stereocenters. The van der Waals surface area contributed by atoms with Crippen LogP contribution in [0.2, 0.25) is 0 Å². The van der Waals surface area contributed by atoms with E-state index in [2.05, 4.69) is 6.92 Å². The van der Waals surface area contributed by atoms with E-state index in [9.17, 15) is 14.7 Å². The number of benzene rings is 1. The molecule has 1 atom stereocenters. The van der Waals surface area contributed by atoms with Crippen LogP contribution < -0.4 is 4.74 Å². The molecule has 1 fully saturated rings. The zero-order valence-corrected chi connectivity index (χ0v) is 17.6. The first-order valence-corrected chi connectivity index (χ1v) is 10.1. The largest absolute Gasteiger partial charge is 0.507 e. The van der Waals surface area contributed by atoms with Crippen molar-refractivity contribution >= 4 is 17.4 Å². The van der Waals surface area contributed by atoms with Gasteiger partial charge in [-0.1, -0.05) is 25.5 Å². The predicted octanol–water partition coefficient (Wildman–Crippen LogP) is 3.44. The van der Waals surface area contributed by atoms with Crippen molar-refractivity contribution in [3.8, 4) is 5.75 Å². The quantitative estimate of drug-likeness (QED) is 0.294. The van der Waals surface area contributed by atoms with E-state index < -0.39 is 17.7 Å². The third-order valence-electron chi connectivity index (χ3n) is 5.01. The molecule has 2 heterocycles. The number of Topliss-reactive ketones (excluding diaryl/α,β-unsaturated/α-hetero) is 1. The van der Waals surface area contributed by atoms with Gasteiger partial charge >= 0.3 is 0 Å². The average molecular weight is 412 g/mol. The molecule has 0 aliphatic carbocycles. The number of nitrogens with zero attached hydrogens (tertiary/aromatic N) is 2. The number of aliphatic hydroxyl groups excluding tert-OH is 1. The van der Waals surface area contributed by atoms with Gasteiger partial charge in [-0.3, -0.25) is 9.59 Å². The van der Waals surface area contributed by atoms with E-state index in [1.54, 1.807) is 36.4 Å². The van der Waals surface area contributed by atoms with Crippen LogP contribution in [0.25, 0.3) is 5.76 Å². The summed E-state index contributed by atoms with van der Waals surface area (Å²) in [5.41, 5.74) is 0.450.